The highest BCUT2D eigenvalue weighted by Gasteiger charge is 2.32. The van der Waals surface area contributed by atoms with E-state index in [1.165, 1.54) is 33.0 Å². The number of imidazole rings is 1. The number of carbonyl (C=O) groups is 3. The zero-order chi connectivity index (χ0) is 28.8. The Hall–Kier alpha value is -3.93. The minimum atomic E-state index is -0.241. The molecular weight excluding hydrogens is 577 g/mol. The molecule has 0 bridgehead atoms. The summed E-state index contributed by atoms with van der Waals surface area (Å²) in [4.78, 5) is 45.8. The lowest BCUT2D eigenvalue weighted by Gasteiger charge is -2.15. The van der Waals surface area contributed by atoms with Crippen molar-refractivity contribution in [3.05, 3.63) is 89.3 Å². The molecule has 4 aromatic rings. The van der Waals surface area contributed by atoms with E-state index in [2.05, 4.69) is 10.3 Å². The van der Waals surface area contributed by atoms with Crippen LogP contribution in [0.4, 0.5) is 5.69 Å². The number of nitrogens with zero attached hydrogens (tertiary/aromatic N) is 3. The fourth-order valence-electron chi connectivity index (χ4n) is 4.18. The summed E-state index contributed by atoms with van der Waals surface area (Å²) in [6.07, 6.45) is 1.84. The van der Waals surface area contributed by atoms with Crippen molar-refractivity contribution >= 4 is 80.6 Å². The first kappa shape index (κ1) is 28.6. The number of hydrogen-bond acceptors (Lipinski definition) is 8. The molecule has 3 aromatic carbocycles. The van der Waals surface area contributed by atoms with Gasteiger partial charge < -0.3 is 10.1 Å². The Labute approximate surface area is 251 Å². The lowest BCUT2D eigenvalue weighted by Crippen LogP contribution is -2.31. The minimum absolute atomic E-state index is 0.0390. The van der Waals surface area contributed by atoms with E-state index in [1.54, 1.807) is 30.3 Å². The highest BCUT2D eigenvalue weighted by molar-refractivity contribution is 8.26. The van der Waals surface area contributed by atoms with E-state index in [9.17, 15) is 14.4 Å². The van der Waals surface area contributed by atoms with E-state index in [0.29, 0.717) is 37.7 Å². The number of anilines is 1. The number of fused-ring (bicyclic) bond motifs is 1. The fraction of sp³-hybridized carbons (Fsp3) is 0.167. The Kier molecular flexibility index (Phi) is 9.17. The molecule has 2 heterocycles. The predicted octanol–water partition coefficient (Wildman–Crippen LogP) is 6.10. The van der Waals surface area contributed by atoms with Crippen LogP contribution in [0, 0.1) is 0 Å². The van der Waals surface area contributed by atoms with Crippen LogP contribution in [0.3, 0.4) is 0 Å². The van der Waals surface area contributed by atoms with Crippen LogP contribution < -0.4 is 10.1 Å². The van der Waals surface area contributed by atoms with Crippen LogP contribution in [0.1, 0.15) is 23.7 Å². The number of ether oxygens (including phenoxy) is 1. The van der Waals surface area contributed by atoms with Crippen LogP contribution in [0.25, 0.3) is 17.1 Å². The number of rotatable bonds is 10. The van der Waals surface area contributed by atoms with Crippen LogP contribution in [0.5, 0.6) is 5.75 Å². The number of thiocarbonyl (C=S) groups is 1. The average Bonchev–Trinajstić information content (AvgIpc) is 3.48. The third-order valence-electron chi connectivity index (χ3n) is 6.08. The molecule has 11 heteroatoms. The van der Waals surface area contributed by atoms with Gasteiger partial charge in [-0.2, -0.15) is 0 Å². The van der Waals surface area contributed by atoms with Gasteiger partial charge in [-0.25, -0.2) is 4.98 Å². The van der Waals surface area contributed by atoms with Crippen molar-refractivity contribution in [3.8, 4) is 5.75 Å². The Morgan fingerprint density at radius 1 is 1.05 bits per heavy atom. The number of amides is 2. The molecule has 1 aromatic heterocycles. The maximum atomic E-state index is 13.5. The summed E-state index contributed by atoms with van der Waals surface area (Å²) in [5.74, 6) is 0.100. The lowest BCUT2D eigenvalue weighted by molar-refractivity contribution is -0.122. The third-order valence-corrected chi connectivity index (χ3v) is 8.40. The van der Waals surface area contributed by atoms with E-state index in [1.807, 2.05) is 61.5 Å². The molecule has 208 valence electrons. The van der Waals surface area contributed by atoms with Crippen LogP contribution >= 0.6 is 35.7 Å². The number of aromatic nitrogens is 2. The Balaban J connectivity index is 1.25. The number of para-hydroxylation sites is 2. The van der Waals surface area contributed by atoms with Crippen molar-refractivity contribution in [1.29, 1.82) is 0 Å². The van der Waals surface area contributed by atoms with Crippen LogP contribution in [0.2, 0.25) is 0 Å². The number of carbonyl (C=O) groups excluding carboxylic acids is 3. The molecule has 41 heavy (non-hydrogen) atoms. The maximum absolute atomic E-state index is 13.5. The number of benzene rings is 3. The van der Waals surface area contributed by atoms with E-state index in [0.717, 1.165) is 11.3 Å². The van der Waals surface area contributed by atoms with E-state index < -0.39 is 0 Å². The van der Waals surface area contributed by atoms with Crippen molar-refractivity contribution in [2.75, 3.05) is 24.2 Å². The summed E-state index contributed by atoms with van der Waals surface area (Å²) in [5.41, 5.74) is 2.84. The van der Waals surface area contributed by atoms with Gasteiger partial charge >= 0.3 is 0 Å². The quantitative estimate of drug-likeness (QED) is 0.132. The first-order valence-electron chi connectivity index (χ1n) is 12.9. The molecule has 0 aliphatic carbocycles. The number of thioether (sulfide) groups is 2. The van der Waals surface area contributed by atoms with Crippen molar-refractivity contribution in [2.45, 2.75) is 18.5 Å². The standard InChI is InChI=1S/C30H26N4O4S3/c1-2-38-22-14-12-21(13-15-22)31-26(35)19-40-29-32-23-10-6-7-11-24(23)34(29)27(36)16-17-33-28(37)25(41-30(33)39)18-20-8-4-3-5-9-20/h3-15,18H,2,16-17,19H2,1H3,(H,31,35). The van der Waals surface area contributed by atoms with Crippen molar-refractivity contribution < 1.29 is 19.1 Å². The fourth-order valence-corrected chi connectivity index (χ4v) is 6.32. The Bertz CT molecular complexity index is 1630. The van der Waals surface area contributed by atoms with Gasteiger partial charge in [-0.3, -0.25) is 23.9 Å². The lowest BCUT2D eigenvalue weighted by atomic mass is 10.2. The molecule has 0 unspecified atom stereocenters. The van der Waals surface area contributed by atoms with Gasteiger partial charge in [0.2, 0.25) is 11.8 Å². The maximum Gasteiger partial charge on any atom is 0.266 e. The molecule has 8 nitrogen and oxygen atoms in total. The average molecular weight is 603 g/mol. The second-order valence-corrected chi connectivity index (χ2v) is 11.5. The van der Waals surface area contributed by atoms with Gasteiger partial charge in [0.25, 0.3) is 5.91 Å². The van der Waals surface area contributed by atoms with Crippen LogP contribution in [-0.2, 0) is 9.59 Å². The van der Waals surface area contributed by atoms with Gasteiger partial charge in [0.05, 0.1) is 28.3 Å². The third kappa shape index (κ3) is 6.87. The molecule has 1 fully saturated rings. The SMILES string of the molecule is CCOc1ccc(NC(=O)CSc2nc3ccccc3n2C(=O)CCN2C(=O)C(=Cc3ccccc3)SC2=S)cc1. The zero-order valence-electron chi connectivity index (χ0n) is 22.1. The number of nitrogens with one attached hydrogen (secondary N) is 1. The van der Waals surface area contributed by atoms with Gasteiger partial charge in [-0.15, -0.1) is 0 Å². The van der Waals surface area contributed by atoms with Gasteiger partial charge in [-0.1, -0.05) is 78.2 Å². The highest BCUT2D eigenvalue weighted by Crippen LogP contribution is 2.33. The first-order chi connectivity index (χ1) is 19.9. The molecule has 0 spiro atoms. The first-order valence-corrected chi connectivity index (χ1v) is 15.1. The molecule has 1 N–H and O–H groups in total. The van der Waals surface area contributed by atoms with Gasteiger partial charge in [0.1, 0.15) is 10.1 Å². The van der Waals surface area contributed by atoms with Crippen molar-refractivity contribution in [1.82, 2.24) is 14.5 Å². The van der Waals surface area contributed by atoms with Crippen LogP contribution in [-0.4, -0.2) is 55.4 Å². The smallest absolute Gasteiger partial charge is 0.266 e. The largest absolute Gasteiger partial charge is 0.494 e. The highest BCUT2D eigenvalue weighted by atomic mass is 32.2. The molecular formula is C30H26N4O4S3. The van der Waals surface area contributed by atoms with Gasteiger partial charge in [0, 0.05) is 18.7 Å². The van der Waals surface area contributed by atoms with E-state index in [4.69, 9.17) is 17.0 Å². The number of hydrogen-bond donors (Lipinski definition) is 1. The van der Waals surface area contributed by atoms with E-state index >= 15 is 0 Å². The molecule has 0 atom stereocenters. The summed E-state index contributed by atoms with van der Waals surface area (Å²) in [7, 11) is 0. The zero-order valence-corrected chi connectivity index (χ0v) is 24.6. The summed E-state index contributed by atoms with van der Waals surface area (Å²) in [6.45, 7) is 2.62. The molecule has 0 radical (unpaired) electrons. The molecule has 1 aliphatic heterocycles. The topological polar surface area (TPSA) is 93.5 Å². The monoisotopic (exact) mass is 602 g/mol. The second kappa shape index (κ2) is 13.2. The van der Waals surface area contributed by atoms with E-state index in [-0.39, 0.29) is 36.4 Å². The molecule has 1 aliphatic rings. The second-order valence-electron chi connectivity index (χ2n) is 8.90. The summed E-state index contributed by atoms with van der Waals surface area (Å²) in [5, 5.41) is 3.26. The summed E-state index contributed by atoms with van der Waals surface area (Å²) < 4.78 is 7.37. The van der Waals surface area contributed by atoms with Crippen LogP contribution in [0.15, 0.2) is 88.9 Å². The normalized spacial score (nSPS) is 14.2. The van der Waals surface area contributed by atoms with Crippen molar-refractivity contribution in [2.24, 2.45) is 0 Å². The summed E-state index contributed by atoms with van der Waals surface area (Å²) >= 11 is 7.86. The minimum Gasteiger partial charge on any atom is -0.494 e. The van der Waals surface area contributed by atoms with Gasteiger partial charge in [-0.05, 0) is 55.0 Å². The van der Waals surface area contributed by atoms with Gasteiger partial charge in [0.15, 0.2) is 5.16 Å². The summed E-state index contributed by atoms with van der Waals surface area (Å²) in [6, 6.07) is 24.0. The molecule has 2 amide bonds. The Morgan fingerprint density at radius 3 is 2.54 bits per heavy atom. The molecule has 1 saturated heterocycles. The molecule has 0 saturated carbocycles. The Morgan fingerprint density at radius 2 is 1.78 bits per heavy atom. The molecule has 5 rings (SSSR count). The predicted molar refractivity (Wildman–Crippen MR) is 168 cm³/mol. The van der Waals surface area contributed by atoms with Crippen molar-refractivity contribution in [3.63, 3.8) is 0 Å².